The summed E-state index contributed by atoms with van der Waals surface area (Å²) in [5.41, 5.74) is -6.56. The highest BCUT2D eigenvalue weighted by atomic mass is 19.4. The minimum atomic E-state index is -6.90. The van der Waals surface area contributed by atoms with Crippen molar-refractivity contribution in [1.82, 2.24) is 0 Å². The van der Waals surface area contributed by atoms with Crippen LogP contribution in [0.15, 0.2) is 0 Å². The molecule has 0 aliphatic rings. The lowest BCUT2D eigenvalue weighted by molar-refractivity contribution is -0.440. The van der Waals surface area contributed by atoms with E-state index < -0.39 is 30.6 Å². The van der Waals surface area contributed by atoms with Gasteiger partial charge in [0.1, 0.15) is 0 Å². The second kappa shape index (κ2) is 3.70. The summed E-state index contributed by atoms with van der Waals surface area (Å²) in [6, 6.07) is 0. The average Bonchev–Trinajstić information content (AvgIpc) is 1.91. The molecule has 0 aliphatic carbocycles. The zero-order valence-corrected chi connectivity index (χ0v) is 6.72. The molecule has 0 bridgehead atoms. The summed E-state index contributed by atoms with van der Waals surface area (Å²) in [5.74, 6) is 0. The van der Waals surface area contributed by atoms with E-state index in [4.69, 9.17) is 0 Å². The molecule has 0 aliphatic heterocycles. The van der Waals surface area contributed by atoms with E-state index in [2.05, 4.69) is 4.74 Å². The van der Waals surface area contributed by atoms with Gasteiger partial charge in [-0.05, 0) is 0 Å². The molecule has 1 radical (unpaired) electrons. The fourth-order valence-corrected chi connectivity index (χ4v) is 0.718. The Labute approximate surface area is 81.0 Å². The lowest BCUT2D eigenvalue weighted by Gasteiger charge is -2.35. The van der Waals surface area contributed by atoms with Crippen LogP contribution >= 0.6 is 0 Å². The molecule has 0 N–H and O–H groups in total. The third-order valence-corrected chi connectivity index (χ3v) is 1.39. The first-order valence-electron chi connectivity index (χ1n) is 3.06. The molecular formula is C5F9O2. The van der Waals surface area contributed by atoms with Gasteiger partial charge in [-0.2, -0.15) is 39.5 Å². The highest BCUT2D eigenvalue weighted by molar-refractivity contribution is 5.41. The van der Waals surface area contributed by atoms with Gasteiger partial charge < -0.3 is 4.74 Å². The number of ether oxygens (including phenoxy) is 1. The topological polar surface area (TPSA) is 26.3 Å². The summed E-state index contributed by atoms with van der Waals surface area (Å²) in [6.45, 7) is -0.482. The molecule has 0 saturated heterocycles. The van der Waals surface area contributed by atoms with Crippen LogP contribution in [-0.2, 0) is 9.53 Å². The van der Waals surface area contributed by atoms with Crippen LogP contribution in [0.5, 0.6) is 0 Å². The number of rotatable bonds is 2. The molecule has 0 unspecified atom stereocenters. The first-order valence-corrected chi connectivity index (χ1v) is 3.06. The Morgan fingerprint density at radius 1 is 0.688 bits per heavy atom. The van der Waals surface area contributed by atoms with E-state index in [0.717, 1.165) is 0 Å². The van der Waals surface area contributed by atoms with E-state index in [-0.39, 0.29) is 0 Å². The maximum atomic E-state index is 11.8. The second-order valence-corrected chi connectivity index (χ2v) is 2.36. The zero-order valence-electron chi connectivity index (χ0n) is 6.72. The number of hydrogen-bond acceptors (Lipinski definition) is 2. The monoisotopic (exact) mass is 263 g/mol. The molecule has 0 amide bonds. The molecule has 0 heterocycles. The Bertz CT molecular complexity index is 223. The Morgan fingerprint density at radius 2 is 0.938 bits per heavy atom. The van der Waals surface area contributed by atoms with Gasteiger partial charge in [0.15, 0.2) is 0 Å². The summed E-state index contributed by atoms with van der Waals surface area (Å²) < 4.78 is 108. The third-order valence-electron chi connectivity index (χ3n) is 1.39. The molecular weight excluding hydrogens is 263 g/mol. The van der Waals surface area contributed by atoms with E-state index >= 15 is 0 Å². The molecule has 11 heteroatoms. The van der Waals surface area contributed by atoms with Gasteiger partial charge in [0.2, 0.25) is 0 Å². The van der Waals surface area contributed by atoms with Gasteiger partial charge in [0.05, 0.1) is 0 Å². The van der Waals surface area contributed by atoms with E-state index in [1.165, 1.54) is 0 Å². The quantitative estimate of drug-likeness (QED) is 0.715. The van der Waals surface area contributed by atoms with Crippen LogP contribution in [0.4, 0.5) is 39.5 Å². The van der Waals surface area contributed by atoms with Crippen molar-refractivity contribution in [3.05, 3.63) is 0 Å². The van der Waals surface area contributed by atoms with Crippen molar-refractivity contribution in [2.45, 2.75) is 24.1 Å². The first-order chi connectivity index (χ1) is 6.81. The fourth-order valence-electron chi connectivity index (χ4n) is 0.718. The molecule has 0 spiro atoms. The molecule has 0 aromatic rings. The maximum Gasteiger partial charge on any atom is 0.447 e. The predicted octanol–water partition coefficient (Wildman–Crippen LogP) is 2.50. The Balaban J connectivity index is 5.92. The van der Waals surface area contributed by atoms with Crippen molar-refractivity contribution in [3.63, 3.8) is 0 Å². The molecule has 0 fully saturated rings. The molecule has 0 aromatic heterocycles. The van der Waals surface area contributed by atoms with Crippen LogP contribution in [-0.4, -0.2) is 30.6 Å². The van der Waals surface area contributed by atoms with Gasteiger partial charge >= 0.3 is 30.6 Å². The summed E-state index contributed by atoms with van der Waals surface area (Å²) in [7, 11) is 0. The van der Waals surface area contributed by atoms with Crippen LogP contribution in [0.2, 0.25) is 0 Å². The largest absolute Gasteiger partial charge is 0.447 e. The minimum Gasteiger partial charge on any atom is -0.423 e. The van der Waals surface area contributed by atoms with E-state index in [1.807, 2.05) is 0 Å². The van der Waals surface area contributed by atoms with Gasteiger partial charge in [0, 0.05) is 0 Å². The van der Waals surface area contributed by atoms with Crippen LogP contribution < -0.4 is 0 Å². The lowest BCUT2D eigenvalue weighted by Crippen LogP contribution is -2.67. The van der Waals surface area contributed by atoms with Crippen molar-refractivity contribution < 1.29 is 49.0 Å². The van der Waals surface area contributed by atoms with Gasteiger partial charge in [0.25, 0.3) is 0 Å². The van der Waals surface area contributed by atoms with Crippen molar-refractivity contribution in [2.24, 2.45) is 0 Å². The molecule has 0 atom stereocenters. The van der Waals surface area contributed by atoms with Gasteiger partial charge in [-0.3, -0.25) is 0 Å². The summed E-state index contributed by atoms with van der Waals surface area (Å²) >= 11 is 0. The normalized spacial score (nSPS) is 14.8. The van der Waals surface area contributed by atoms with E-state index in [9.17, 15) is 44.3 Å². The van der Waals surface area contributed by atoms with Gasteiger partial charge in [-0.25, -0.2) is 4.79 Å². The number of hydrogen-bond donors (Lipinski definition) is 0. The summed E-state index contributed by atoms with van der Waals surface area (Å²) in [5, 5.41) is 0. The Morgan fingerprint density at radius 3 is 1.00 bits per heavy atom. The third kappa shape index (κ3) is 2.02. The van der Waals surface area contributed by atoms with Crippen molar-refractivity contribution in [3.8, 4) is 0 Å². The highest BCUT2D eigenvalue weighted by Gasteiger charge is 2.87. The molecule has 2 nitrogen and oxygen atoms in total. The molecule has 0 saturated carbocycles. The standard InChI is InChI=1S/C5F9O2/c6-3(7,8)2(16-1-15,4(9,10)11)5(12,13)14. The van der Waals surface area contributed by atoms with E-state index in [0.29, 0.717) is 0 Å². The SMILES string of the molecule is O=[C]OC(C(F)(F)F)(C(F)(F)F)C(F)(F)F. The maximum absolute atomic E-state index is 11.8. The number of alkyl halides is 9. The van der Waals surface area contributed by atoms with Crippen LogP contribution in [0.3, 0.4) is 0 Å². The lowest BCUT2D eigenvalue weighted by atomic mass is 10.0. The molecule has 95 valence electrons. The second-order valence-electron chi connectivity index (χ2n) is 2.36. The smallest absolute Gasteiger partial charge is 0.423 e. The zero-order chi connectivity index (χ0) is 13.4. The van der Waals surface area contributed by atoms with Crippen molar-refractivity contribution in [1.29, 1.82) is 0 Å². The predicted molar refractivity (Wildman–Crippen MR) is 27.7 cm³/mol. The van der Waals surface area contributed by atoms with E-state index in [1.54, 1.807) is 0 Å². The van der Waals surface area contributed by atoms with Gasteiger partial charge in [-0.15, -0.1) is 0 Å². The molecule has 0 aromatic carbocycles. The van der Waals surface area contributed by atoms with Crippen LogP contribution in [0, 0.1) is 0 Å². The average molecular weight is 263 g/mol. The molecule has 0 rings (SSSR count). The Hall–Kier alpha value is -1.16. The number of halogens is 9. The van der Waals surface area contributed by atoms with Crippen molar-refractivity contribution >= 4 is 6.47 Å². The van der Waals surface area contributed by atoms with Crippen LogP contribution in [0.1, 0.15) is 0 Å². The fraction of sp³-hybridized carbons (Fsp3) is 0.800. The number of carbonyl (C=O) groups excluding carboxylic acids is 1. The molecule has 16 heavy (non-hydrogen) atoms. The first kappa shape index (κ1) is 14.8. The summed E-state index contributed by atoms with van der Waals surface area (Å²) in [6.07, 6.45) is -20.7. The van der Waals surface area contributed by atoms with Crippen LogP contribution in [0.25, 0.3) is 0 Å². The minimum absolute atomic E-state index is 0.482. The summed E-state index contributed by atoms with van der Waals surface area (Å²) in [4.78, 5) is 9.31. The van der Waals surface area contributed by atoms with Crippen molar-refractivity contribution in [2.75, 3.05) is 0 Å². The Kier molecular flexibility index (Phi) is 3.43. The van der Waals surface area contributed by atoms with Gasteiger partial charge in [-0.1, -0.05) is 0 Å². The highest BCUT2D eigenvalue weighted by Crippen LogP contribution is 2.54.